The molecule has 0 radical (unpaired) electrons. The van der Waals surface area contributed by atoms with Gasteiger partial charge in [-0.05, 0) is 55.7 Å². The first-order valence-electron chi connectivity index (χ1n) is 14.1. The Labute approximate surface area is 240 Å². The smallest absolute Gasteiger partial charge is 0.239 e. The molecule has 10 heteroatoms. The Bertz CT molecular complexity index is 1530. The highest BCUT2D eigenvalue weighted by Crippen LogP contribution is 2.30. The number of hydrogen-bond donors (Lipinski definition) is 2. The Morgan fingerprint density at radius 2 is 1.76 bits per heavy atom. The number of hydrogen-bond acceptors (Lipinski definition) is 7. The molecular formula is C31H38FN7O2. The molecule has 0 unspecified atom stereocenters. The van der Waals surface area contributed by atoms with Crippen LogP contribution in [0.1, 0.15) is 39.2 Å². The maximum absolute atomic E-state index is 14.5. The number of aromatic nitrogens is 3. The van der Waals surface area contributed by atoms with Crippen LogP contribution in [0.2, 0.25) is 0 Å². The van der Waals surface area contributed by atoms with Gasteiger partial charge < -0.3 is 19.9 Å². The molecule has 0 bridgehead atoms. The number of amides is 1. The van der Waals surface area contributed by atoms with E-state index in [0.29, 0.717) is 47.1 Å². The zero-order chi connectivity index (χ0) is 29.1. The third kappa shape index (κ3) is 6.83. The van der Waals surface area contributed by atoms with Gasteiger partial charge in [0.25, 0.3) is 0 Å². The fourth-order valence-electron chi connectivity index (χ4n) is 4.98. The predicted molar refractivity (Wildman–Crippen MR) is 161 cm³/mol. The lowest BCUT2D eigenvalue weighted by molar-refractivity contribution is -0.117. The lowest BCUT2D eigenvalue weighted by Crippen LogP contribution is -2.50. The van der Waals surface area contributed by atoms with E-state index >= 15 is 0 Å². The molecular weight excluding hydrogens is 521 g/mol. The van der Waals surface area contributed by atoms with Gasteiger partial charge in [-0.1, -0.05) is 19.9 Å². The van der Waals surface area contributed by atoms with E-state index < -0.39 is 0 Å². The van der Waals surface area contributed by atoms with Crippen LogP contribution in [0.5, 0.6) is 11.5 Å². The molecule has 1 amide bonds. The fourth-order valence-corrected chi connectivity index (χ4v) is 4.98. The summed E-state index contributed by atoms with van der Waals surface area (Å²) in [7, 11) is 1.88. The summed E-state index contributed by atoms with van der Waals surface area (Å²) in [4.78, 5) is 26.2. The Morgan fingerprint density at radius 1 is 1.00 bits per heavy atom. The van der Waals surface area contributed by atoms with Crippen LogP contribution in [0.4, 0.5) is 21.8 Å². The molecule has 0 aliphatic carbocycles. The molecule has 2 N–H and O–H groups in total. The van der Waals surface area contributed by atoms with Crippen LogP contribution in [0.15, 0.2) is 54.7 Å². The van der Waals surface area contributed by atoms with Gasteiger partial charge in [-0.15, -0.1) is 0 Å². The summed E-state index contributed by atoms with van der Waals surface area (Å²) >= 11 is 0. The van der Waals surface area contributed by atoms with Crippen molar-refractivity contribution in [2.75, 3.05) is 43.4 Å². The number of nitrogens with zero attached hydrogens (tertiary/aromatic N) is 5. The van der Waals surface area contributed by atoms with Crippen molar-refractivity contribution < 1.29 is 13.9 Å². The van der Waals surface area contributed by atoms with Gasteiger partial charge in [0.05, 0.1) is 23.3 Å². The second-order valence-corrected chi connectivity index (χ2v) is 11.1. The van der Waals surface area contributed by atoms with E-state index in [1.54, 1.807) is 24.4 Å². The van der Waals surface area contributed by atoms with Gasteiger partial charge in [-0.25, -0.2) is 14.4 Å². The molecule has 3 heterocycles. The molecule has 1 aliphatic rings. The summed E-state index contributed by atoms with van der Waals surface area (Å²) in [5, 5.41) is 6.03. The quantitative estimate of drug-likeness (QED) is 0.271. The van der Waals surface area contributed by atoms with E-state index in [-0.39, 0.29) is 17.6 Å². The van der Waals surface area contributed by atoms with Crippen molar-refractivity contribution in [3.05, 3.63) is 66.1 Å². The second kappa shape index (κ2) is 12.2. The third-order valence-corrected chi connectivity index (χ3v) is 7.49. The lowest BCUT2D eigenvalue weighted by Gasteiger charge is -2.36. The Kier molecular flexibility index (Phi) is 8.51. The van der Waals surface area contributed by atoms with Crippen molar-refractivity contribution in [1.82, 2.24) is 24.3 Å². The first kappa shape index (κ1) is 28.5. The number of aryl methyl sites for hydroxylation is 1. The van der Waals surface area contributed by atoms with Gasteiger partial charge in [0, 0.05) is 57.6 Å². The Morgan fingerprint density at radius 3 is 2.49 bits per heavy atom. The second-order valence-electron chi connectivity index (χ2n) is 11.1. The summed E-state index contributed by atoms with van der Waals surface area (Å²) in [6.07, 6.45) is 1.60. The summed E-state index contributed by atoms with van der Waals surface area (Å²) in [6.45, 7) is 12.5. The van der Waals surface area contributed by atoms with Gasteiger partial charge in [-0.3, -0.25) is 14.6 Å². The van der Waals surface area contributed by atoms with Crippen LogP contribution < -0.4 is 15.4 Å². The van der Waals surface area contributed by atoms with E-state index in [1.165, 1.54) is 6.07 Å². The molecule has 2 aromatic heterocycles. The highest BCUT2D eigenvalue weighted by Gasteiger charge is 2.20. The molecule has 0 saturated carbocycles. The Balaban J connectivity index is 1.24. The molecule has 5 rings (SSSR count). The SMILES string of the molecule is CC(C)c1ccc(F)c(Nc2nc3cc(Oc4ccnc(NC(=O)CN5CCN(C(C)C)CC5)c4)ccc3n2C)c1. The predicted octanol–water partition coefficient (Wildman–Crippen LogP) is 5.73. The first-order chi connectivity index (χ1) is 19.7. The number of pyridine rings is 1. The maximum Gasteiger partial charge on any atom is 0.239 e. The molecule has 2 aromatic carbocycles. The van der Waals surface area contributed by atoms with Crippen LogP contribution in [0.3, 0.4) is 0 Å². The molecule has 1 fully saturated rings. The number of carbonyl (C=O) groups excluding carboxylic acids is 1. The van der Waals surface area contributed by atoms with Gasteiger partial charge in [0.1, 0.15) is 23.1 Å². The number of carbonyl (C=O) groups is 1. The topological polar surface area (TPSA) is 87.6 Å². The first-order valence-corrected chi connectivity index (χ1v) is 14.1. The summed E-state index contributed by atoms with van der Waals surface area (Å²) in [5.41, 5.74) is 3.00. The minimum Gasteiger partial charge on any atom is -0.457 e. The van der Waals surface area contributed by atoms with E-state index in [0.717, 1.165) is 37.3 Å². The largest absolute Gasteiger partial charge is 0.457 e. The lowest BCUT2D eigenvalue weighted by atomic mass is 10.0. The average Bonchev–Trinajstić information content (AvgIpc) is 3.24. The molecule has 1 saturated heterocycles. The number of imidazole rings is 1. The monoisotopic (exact) mass is 559 g/mol. The van der Waals surface area contributed by atoms with Gasteiger partial charge >= 0.3 is 0 Å². The number of anilines is 3. The molecule has 0 spiro atoms. The number of ether oxygens (including phenoxy) is 1. The fraction of sp³-hybridized carbons (Fsp3) is 0.387. The van der Waals surface area contributed by atoms with E-state index in [4.69, 9.17) is 4.74 Å². The number of nitrogens with one attached hydrogen (secondary N) is 2. The number of benzene rings is 2. The maximum atomic E-state index is 14.5. The van der Waals surface area contributed by atoms with Crippen molar-refractivity contribution in [1.29, 1.82) is 0 Å². The van der Waals surface area contributed by atoms with Crippen molar-refractivity contribution in [2.24, 2.45) is 7.05 Å². The van der Waals surface area contributed by atoms with Crippen molar-refractivity contribution in [3.63, 3.8) is 0 Å². The third-order valence-electron chi connectivity index (χ3n) is 7.49. The van der Waals surface area contributed by atoms with E-state index in [9.17, 15) is 9.18 Å². The van der Waals surface area contributed by atoms with Crippen molar-refractivity contribution in [3.8, 4) is 11.5 Å². The van der Waals surface area contributed by atoms with Gasteiger partial charge in [0.2, 0.25) is 11.9 Å². The normalized spacial score (nSPS) is 14.6. The van der Waals surface area contributed by atoms with Crippen LogP contribution >= 0.6 is 0 Å². The van der Waals surface area contributed by atoms with E-state index in [2.05, 4.69) is 58.1 Å². The van der Waals surface area contributed by atoms with E-state index in [1.807, 2.05) is 35.9 Å². The zero-order valence-corrected chi connectivity index (χ0v) is 24.3. The van der Waals surface area contributed by atoms with Gasteiger partial charge in [-0.2, -0.15) is 0 Å². The average molecular weight is 560 g/mol. The number of fused-ring (bicyclic) bond motifs is 1. The highest BCUT2D eigenvalue weighted by atomic mass is 19.1. The molecule has 1 aliphatic heterocycles. The van der Waals surface area contributed by atoms with Crippen LogP contribution in [-0.4, -0.2) is 69.0 Å². The zero-order valence-electron chi connectivity index (χ0n) is 24.3. The minimum atomic E-state index is -0.334. The molecule has 9 nitrogen and oxygen atoms in total. The number of rotatable bonds is 9. The van der Waals surface area contributed by atoms with Crippen molar-refractivity contribution in [2.45, 2.75) is 39.7 Å². The van der Waals surface area contributed by atoms with Crippen molar-refractivity contribution >= 4 is 34.4 Å². The molecule has 41 heavy (non-hydrogen) atoms. The van der Waals surface area contributed by atoms with Crippen LogP contribution in [0, 0.1) is 5.82 Å². The van der Waals surface area contributed by atoms with Crippen LogP contribution in [-0.2, 0) is 11.8 Å². The molecule has 216 valence electrons. The Hall–Kier alpha value is -4.02. The number of piperazine rings is 1. The molecule has 0 atom stereocenters. The van der Waals surface area contributed by atoms with Crippen LogP contribution in [0.25, 0.3) is 11.0 Å². The summed E-state index contributed by atoms with van der Waals surface area (Å²) in [6, 6.07) is 14.6. The standard InChI is InChI=1S/C31H38FN7O2/c1-20(2)22-6-8-25(32)26(16-22)34-31-35-27-17-23(7-9-28(27)37(31)5)41-24-10-11-33-29(18-24)36-30(40)19-38-12-14-39(15-13-38)21(3)4/h6-11,16-18,20-21H,12-15,19H2,1-5H3,(H,34,35)(H,33,36,40). The summed E-state index contributed by atoms with van der Waals surface area (Å²) in [5.74, 6) is 1.94. The van der Waals surface area contributed by atoms with Gasteiger partial charge in [0.15, 0.2) is 0 Å². The minimum absolute atomic E-state index is 0.0991. The summed E-state index contributed by atoms with van der Waals surface area (Å²) < 4.78 is 22.5. The number of halogens is 1. The highest BCUT2D eigenvalue weighted by molar-refractivity contribution is 5.91. The molecule has 4 aromatic rings.